The van der Waals surface area contributed by atoms with E-state index >= 15 is 0 Å². The molecular formula is C11H11NO4. The van der Waals surface area contributed by atoms with Gasteiger partial charge in [0, 0.05) is 5.69 Å². The summed E-state index contributed by atoms with van der Waals surface area (Å²) in [6.07, 6.45) is 0. The molecule has 1 heterocycles. The van der Waals surface area contributed by atoms with E-state index in [0.29, 0.717) is 22.4 Å². The van der Waals surface area contributed by atoms with Gasteiger partial charge in [-0.15, -0.1) is 0 Å². The van der Waals surface area contributed by atoms with Crippen LogP contribution in [0.1, 0.15) is 10.6 Å². The summed E-state index contributed by atoms with van der Waals surface area (Å²) in [5, 5.41) is 0.655. The molecular weight excluding hydrogens is 210 g/mol. The molecule has 16 heavy (non-hydrogen) atoms. The number of carbonyl (C=O) groups excluding carboxylic acids is 1. The van der Waals surface area contributed by atoms with Crippen molar-refractivity contribution < 1.29 is 18.7 Å². The number of nitrogens with two attached hydrogens (primary N) is 1. The minimum Gasteiger partial charge on any atom is -0.492 e. The Morgan fingerprint density at radius 1 is 1.38 bits per heavy atom. The fraction of sp³-hybridized carbons (Fsp3) is 0.182. The number of hydrogen-bond acceptors (Lipinski definition) is 5. The van der Waals surface area contributed by atoms with Crippen molar-refractivity contribution in [3.8, 4) is 5.75 Å². The first-order chi connectivity index (χ1) is 7.67. The van der Waals surface area contributed by atoms with Gasteiger partial charge in [0.2, 0.25) is 0 Å². The number of nitrogen functional groups attached to an aromatic ring is 1. The molecule has 0 aliphatic rings. The van der Waals surface area contributed by atoms with Gasteiger partial charge in [-0.2, -0.15) is 0 Å². The molecule has 0 fully saturated rings. The summed E-state index contributed by atoms with van der Waals surface area (Å²) in [4.78, 5) is 11.4. The van der Waals surface area contributed by atoms with E-state index in [2.05, 4.69) is 4.74 Å². The second-order valence-corrected chi connectivity index (χ2v) is 3.21. The van der Waals surface area contributed by atoms with E-state index in [1.54, 1.807) is 18.2 Å². The second-order valence-electron chi connectivity index (χ2n) is 3.21. The number of benzene rings is 1. The molecule has 0 saturated heterocycles. The molecule has 1 aromatic carbocycles. The summed E-state index contributed by atoms with van der Waals surface area (Å²) in [5.41, 5.74) is 6.76. The van der Waals surface area contributed by atoms with Gasteiger partial charge in [0.1, 0.15) is 5.58 Å². The zero-order chi connectivity index (χ0) is 11.7. The highest BCUT2D eigenvalue weighted by atomic mass is 16.5. The normalized spacial score (nSPS) is 10.4. The molecule has 0 amide bonds. The first kappa shape index (κ1) is 10.4. The third kappa shape index (κ3) is 1.46. The van der Waals surface area contributed by atoms with E-state index in [0.717, 1.165) is 0 Å². The summed E-state index contributed by atoms with van der Waals surface area (Å²) in [6.45, 7) is 0. The van der Waals surface area contributed by atoms with Gasteiger partial charge < -0.3 is 19.6 Å². The molecule has 0 saturated carbocycles. The first-order valence-corrected chi connectivity index (χ1v) is 4.61. The van der Waals surface area contributed by atoms with Crippen LogP contribution < -0.4 is 10.5 Å². The number of ether oxygens (including phenoxy) is 2. The molecule has 2 rings (SSSR count). The van der Waals surface area contributed by atoms with Gasteiger partial charge in [-0.25, -0.2) is 4.79 Å². The molecule has 5 nitrogen and oxygen atoms in total. The maximum atomic E-state index is 11.4. The van der Waals surface area contributed by atoms with Crippen LogP contribution >= 0.6 is 0 Å². The molecule has 0 unspecified atom stereocenters. The van der Waals surface area contributed by atoms with Gasteiger partial charge in [-0.05, 0) is 18.2 Å². The fourth-order valence-electron chi connectivity index (χ4n) is 1.52. The minimum absolute atomic E-state index is 0.0469. The topological polar surface area (TPSA) is 74.7 Å². The van der Waals surface area contributed by atoms with E-state index in [1.807, 2.05) is 0 Å². The Balaban J connectivity index is 2.71. The van der Waals surface area contributed by atoms with E-state index in [-0.39, 0.29) is 5.76 Å². The van der Waals surface area contributed by atoms with Crippen molar-refractivity contribution in [2.24, 2.45) is 0 Å². The van der Waals surface area contributed by atoms with Gasteiger partial charge in [-0.1, -0.05) is 0 Å². The Morgan fingerprint density at radius 3 is 2.75 bits per heavy atom. The molecule has 1 aromatic heterocycles. The van der Waals surface area contributed by atoms with Crippen LogP contribution in [0.3, 0.4) is 0 Å². The van der Waals surface area contributed by atoms with Gasteiger partial charge in [0.15, 0.2) is 5.75 Å². The van der Waals surface area contributed by atoms with Crippen LogP contribution in [0.2, 0.25) is 0 Å². The zero-order valence-electron chi connectivity index (χ0n) is 8.94. The summed E-state index contributed by atoms with van der Waals surface area (Å²) in [7, 11) is 2.74. The lowest BCUT2D eigenvalue weighted by atomic mass is 10.2. The summed E-state index contributed by atoms with van der Waals surface area (Å²) >= 11 is 0. The standard InChI is InChI=1S/C11H11NO4/c1-14-9-7-5-6(12)3-4-8(7)16-10(9)11(13)15-2/h3-5H,12H2,1-2H3. The van der Waals surface area contributed by atoms with Crippen LogP contribution in [0.25, 0.3) is 11.0 Å². The first-order valence-electron chi connectivity index (χ1n) is 4.61. The van der Waals surface area contributed by atoms with Crippen LogP contribution in [0.4, 0.5) is 5.69 Å². The van der Waals surface area contributed by atoms with Crippen molar-refractivity contribution in [3.63, 3.8) is 0 Å². The minimum atomic E-state index is -0.577. The Morgan fingerprint density at radius 2 is 2.12 bits per heavy atom. The van der Waals surface area contributed by atoms with Gasteiger partial charge >= 0.3 is 5.97 Å². The third-order valence-corrected chi connectivity index (χ3v) is 2.24. The molecule has 2 aromatic rings. The van der Waals surface area contributed by atoms with E-state index < -0.39 is 5.97 Å². The molecule has 0 radical (unpaired) electrons. The number of rotatable bonds is 2. The molecule has 5 heteroatoms. The summed E-state index contributed by atoms with van der Waals surface area (Å²) in [5.74, 6) is -0.189. The third-order valence-electron chi connectivity index (χ3n) is 2.24. The average Bonchev–Trinajstić information content (AvgIpc) is 2.65. The lowest BCUT2D eigenvalue weighted by molar-refractivity contribution is 0.0563. The van der Waals surface area contributed by atoms with E-state index in [1.165, 1.54) is 14.2 Å². The largest absolute Gasteiger partial charge is 0.492 e. The van der Waals surface area contributed by atoms with E-state index in [9.17, 15) is 4.79 Å². The number of esters is 1. The molecule has 0 bridgehead atoms. The maximum Gasteiger partial charge on any atom is 0.377 e. The highest BCUT2D eigenvalue weighted by Gasteiger charge is 2.22. The molecule has 0 aliphatic carbocycles. The lowest BCUT2D eigenvalue weighted by Gasteiger charge is -1.99. The molecule has 2 N–H and O–H groups in total. The Hall–Kier alpha value is -2.17. The Kier molecular flexibility index (Phi) is 2.44. The predicted molar refractivity (Wildman–Crippen MR) is 58.5 cm³/mol. The second kappa shape index (κ2) is 3.77. The summed E-state index contributed by atoms with van der Waals surface area (Å²) in [6, 6.07) is 5.05. The van der Waals surface area contributed by atoms with Crippen molar-refractivity contribution in [1.29, 1.82) is 0 Å². The number of carbonyl (C=O) groups is 1. The zero-order valence-corrected chi connectivity index (χ0v) is 8.94. The van der Waals surface area contributed by atoms with Crippen LogP contribution in [0, 0.1) is 0 Å². The van der Waals surface area contributed by atoms with Gasteiger partial charge in [0.25, 0.3) is 5.76 Å². The maximum absolute atomic E-state index is 11.4. The van der Waals surface area contributed by atoms with Crippen LogP contribution in [0.15, 0.2) is 22.6 Å². The smallest absolute Gasteiger partial charge is 0.377 e. The van der Waals surface area contributed by atoms with Crippen molar-refractivity contribution in [2.45, 2.75) is 0 Å². The van der Waals surface area contributed by atoms with Gasteiger partial charge in [0.05, 0.1) is 19.6 Å². The van der Waals surface area contributed by atoms with Crippen molar-refractivity contribution in [3.05, 3.63) is 24.0 Å². The highest BCUT2D eigenvalue weighted by molar-refractivity contribution is 5.99. The fourth-order valence-corrected chi connectivity index (χ4v) is 1.52. The van der Waals surface area contributed by atoms with Crippen molar-refractivity contribution in [2.75, 3.05) is 20.0 Å². The Labute approximate surface area is 91.7 Å². The number of fused-ring (bicyclic) bond motifs is 1. The number of methoxy groups -OCH3 is 2. The highest BCUT2D eigenvalue weighted by Crippen LogP contribution is 2.34. The van der Waals surface area contributed by atoms with Gasteiger partial charge in [-0.3, -0.25) is 0 Å². The molecule has 84 valence electrons. The monoisotopic (exact) mass is 221 g/mol. The quantitative estimate of drug-likeness (QED) is 0.618. The van der Waals surface area contributed by atoms with Crippen LogP contribution in [-0.2, 0) is 4.74 Å². The average molecular weight is 221 g/mol. The predicted octanol–water partition coefficient (Wildman–Crippen LogP) is 1.81. The number of hydrogen-bond donors (Lipinski definition) is 1. The SMILES string of the molecule is COC(=O)c1oc2ccc(N)cc2c1OC. The lowest BCUT2D eigenvalue weighted by Crippen LogP contribution is -2.01. The van der Waals surface area contributed by atoms with Crippen LogP contribution in [-0.4, -0.2) is 20.2 Å². The molecule has 0 aliphatic heterocycles. The van der Waals surface area contributed by atoms with Crippen LogP contribution in [0.5, 0.6) is 5.75 Å². The Bertz CT molecular complexity index is 544. The number of furan rings is 1. The molecule has 0 spiro atoms. The van der Waals surface area contributed by atoms with Crippen molar-refractivity contribution >= 4 is 22.6 Å². The molecule has 0 atom stereocenters. The number of anilines is 1. The summed E-state index contributed by atoms with van der Waals surface area (Å²) < 4.78 is 15.1. The van der Waals surface area contributed by atoms with Crippen molar-refractivity contribution in [1.82, 2.24) is 0 Å². The van der Waals surface area contributed by atoms with E-state index in [4.69, 9.17) is 14.9 Å².